The van der Waals surface area contributed by atoms with Crippen LogP contribution >= 0.6 is 0 Å². The Labute approximate surface area is 197 Å². The molecular weight excluding hydrogens is 488 g/mol. The molecule has 1 aliphatic heterocycles. The molecule has 0 unspecified atom stereocenters. The Hall–Kier alpha value is -3.58. The fraction of sp³-hybridized carbons (Fsp3) is 0.227. The van der Waals surface area contributed by atoms with Crippen LogP contribution < -0.4 is 5.32 Å². The van der Waals surface area contributed by atoms with Gasteiger partial charge in [0, 0.05) is 36.0 Å². The summed E-state index contributed by atoms with van der Waals surface area (Å²) in [6, 6.07) is 8.95. The summed E-state index contributed by atoms with van der Waals surface area (Å²) in [5.74, 6) is -0.396. The Morgan fingerprint density at radius 3 is 2.60 bits per heavy atom. The fourth-order valence-corrected chi connectivity index (χ4v) is 4.80. The van der Waals surface area contributed by atoms with Crippen molar-refractivity contribution in [1.82, 2.24) is 24.5 Å². The Morgan fingerprint density at radius 1 is 1.09 bits per heavy atom. The highest BCUT2D eigenvalue weighted by atomic mass is 32.2. The van der Waals surface area contributed by atoms with Crippen LogP contribution in [0.2, 0.25) is 0 Å². The molecule has 0 atom stereocenters. The van der Waals surface area contributed by atoms with Crippen molar-refractivity contribution in [2.24, 2.45) is 0 Å². The van der Waals surface area contributed by atoms with Gasteiger partial charge in [-0.3, -0.25) is 5.10 Å². The molecular formula is C22H18F4N6O2S. The molecule has 0 aliphatic carbocycles. The standard InChI is InChI=1S/C22H18F4N6O2S/c1-35(33,34)32-9-8-17-15(11-32)20(29-21-14-10-12(23)6-7-18(14)30-31-21)28-19(27-17)13-4-2-3-5-16(13)22(24,25)26/h2-7,10H,8-9,11H2,1H3,(H2,27,28,29,30,31). The third-order valence-electron chi connectivity index (χ3n) is 5.73. The number of hydrogen-bond acceptors (Lipinski definition) is 6. The number of rotatable bonds is 4. The van der Waals surface area contributed by atoms with E-state index in [4.69, 9.17) is 0 Å². The van der Waals surface area contributed by atoms with Crippen LogP contribution in [0, 0.1) is 5.82 Å². The molecule has 2 N–H and O–H groups in total. The van der Waals surface area contributed by atoms with Gasteiger partial charge in [-0.15, -0.1) is 0 Å². The molecule has 0 bridgehead atoms. The maximum atomic E-state index is 13.9. The highest BCUT2D eigenvalue weighted by molar-refractivity contribution is 7.88. The van der Waals surface area contributed by atoms with Gasteiger partial charge >= 0.3 is 6.18 Å². The number of alkyl halides is 3. The molecule has 0 saturated carbocycles. The minimum absolute atomic E-state index is 0.0750. The zero-order valence-electron chi connectivity index (χ0n) is 18.2. The van der Waals surface area contributed by atoms with E-state index in [2.05, 4.69) is 25.5 Å². The van der Waals surface area contributed by atoms with Gasteiger partial charge in [-0.1, -0.05) is 18.2 Å². The smallest absolute Gasteiger partial charge is 0.323 e. The molecule has 1 aliphatic rings. The van der Waals surface area contributed by atoms with Gasteiger partial charge in [-0.05, 0) is 24.3 Å². The number of sulfonamides is 1. The Kier molecular flexibility index (Phi) is 5.48. The summed E-state index contributed by atoms with van der Waals surface area (Å²) in [4.78, 5) is 8.74. The number of benzene rings is 2. The Morgan fingerprint density at radius 2 is 1.86 bits per heavy atom. The molecule has 0 radical (unpaired) electrons. The molecule has 5 rings (SSSR count). The number of halogens is 4. The van der Waals surface area contributed by atoms with Crippen molar-refractivity contribution in [2.75, 3.05) is 18.1 Å². The largest absolute Gasteiger partial charge is 0.417 e. The van der Waals surface area contributed by atoms with Gasteiger partial charge in [0.05, 0.1) is 23.0 Å². The van der Waals surface area contributed by atoms with E-state index in [9.17, 15) is 26.0 Å². The van der Waals surface area contributed by atoms with Crippen molar-refractivity contribution in [1.29, 1.82) is 0 Å². The van der Waals surface area contributed by atoms with E-state index in [1.807, 2.05) is 0 Å². The summed E-state index contributed by atoms with van der Waals surface area (Å²) in [6.45, 7) is 0.0492. The van der Waals surface area contributed by atoms with Gasteiger partial charge in [0.1, 0.15) is 11.6 Å². The molecule has 0 fully saturated rings. The number of anilines is 2. The molecule has 4 aromatic rings. The van der Waals surface area contributed by atoms with Gasteiger partial charge in [-0.2, -0.15) is 22.6 Å². The van der Waals surface area contributed by atoms with Crippen LogP contribution in [0.15, 0.2) is 42.5 Å². The zero-order chi connectivity index (χ0) is 25.0. The number of fused-ring (bicyclic) bond motifs is 2. The summed E-state index contributed by atoms with van der Waals surface area (Å²) >= 11 is 0. The quantitative estimate of drug-likeness (QED) is 0.402. The van der Waals surface area contributed by atoms with Crippen molar-refractivity contribution in [3.63, 3.8) is 0 Å². The predicted octanol–water partition coefficient (Wildman–Crippen LogP) is 4.24. The summed E-state index contributed by atoms with van der Waals surface area (Å²) < 4.78 is 80.4. The topological polar surface area (TPSA) is 104 Å². The lowest BCUT2D eigenvalue weighted by Crippen LogP contribution is -2.36. The normalized spacial score (nSPS) is 14.8. The van der Waals surface area contributed by atoms with E-state index in [0.29, 0.717) is 22.2 Å². The van der Waals surface area contributed by atoms with Crippen molar-refractivity contribution in [2.45, 2.75) is 19.1 Å². The van der Waals surface area contributed by atoms with Crippen LogP contribution in [0.1, 0.15) is 16.8 Å². The monoisotopic (exact) mass is 506 g/mol. The van der Waals surface area contributed by atoms with Crippen LogP contribution in [0.4, 0.5) is 29.2 Å². The van der Waals surface area contributed by atoms with Crippen molar-refractivity contribution >= 4 is 32.6 Å². The number of aromatic amines is 1. The molecule has 3 heterocycles. The first-order valence-corrected chi connectivity index (χ1v) is 12.3. The average Bonchev–Trinajstić information content (AvgIpc) is 3.19. The lowest BCUT2D eigenvalue weighted by Gasteiger charge is -2.28. The maximum Gasteiger partial charge on any atom is 0.417 e. The summed E-state index contributed by atoms with van der Waals surface area (Å²) in [6.07, 6.45) is -3.38. The number of nitrogens with zero attached hydrogens (tertiary/aromatic N) is 4. The van der Waals surface area contributed by atoms with Gasteiger partial charge < -0.3 is 5.32 Å². The second-order valence-electron chi connectivity index (χ2n) is 8.10. The molecule has 35 heavy (non-hydrogen) atoms. The second-order valence-corrected chi connectivity index (χ2v) is 10.1. The van der Waals surface area contributed by atoms with Gasteiger partial charge in [0.25, 0.3) is 0 Å². The van der Waals surface area contributed by atoms with Gasteiger partial charge in [0.15, 0.2) is 11.6 Å². The minimum atomic E-state index is -4.63. The van der Waals surface area contributed by atoms with Crippen molar-refractivity contribution in [3.05, 3.63) is 65.1 Å². The van der Waals surface area contributed by atoms with Crippen LogP contribution in [-0.4, -0.2) is 45.7 Å². The zero-order valence-corrected chi connectivity index (χ0v) is 19.0. The molecule has 0 saturated heterocycles. The third kappa shape index (κ3) is 4.44. The van der Waals surface area contributed by atoms with Crippen molar-refractivity contribution in [3.8, 4) is 11.4 Å². The van der Waals surface area contributed by atoms with E-state index >= 15 is 0 Å². The first-order chi connectivity index (χ1) is 16.5. The molecule has 8 nitrogen and oxygen atoms in total. The van der Waals surface area contributed by atoms with Gasteiger partial charge in [-0.25, -0.2) is 22.8 Å². The number of hydrogen-bond donors (Lipinski definition) is 2. The first-order valence-electron chi connectivity index (χ1n) is 10.4. The predicted molar refractivity (Wildman–Crippen MR) is 121 cm³/mol. The van der Waals surface area contributed by atoms with Crippen LogP contribution in [0.5, 0.6) is 0 Å². The highest BCUT2D eigenvalue weighted by Crippen LogP contribution is 2.38. The summed E-state index contributed by atoms with van der Waals surface area (Å²) in [5.41, 5.74) is 0.237. The van der Waals surface area contributed by atoms with E-state index in [1.54, 1.807) is 0 Å². The van der Waals surface area contributed by atoms with Crippen LogP contribution in [-0.2, 0) is 29.2 Å². The van der Waals surface area contributed by atoms with E-state index in [-0.39, 0.29) is 42.5 Å². The number of nitrogens with one attached hydrogen (secondary N) is 2. The third-order valence-corrected chi connectivity index (χ3v) is 6.98. The van der Waals surface area contributed by atoms with Crippen molar-refractivity contribution < 1.29 is 26.0 Å². The number of H-pyrrole nitrogens is 1. The molecule has 0 spiro atoms. The second kappa shape index (κ2) is 8.27. The van der Waals surface area contributed by atoms with Gasteiger partial charge in [0.2, 0.25) is 10.0 Å². The molecule has 2 aromatic carbocycles. The SMILES string of the molecule is CS(=O)(=O)N1CCc2nc(-c3ccccc3C(F)(F)F)nc(Nc3n[nH]c4ccc(F)cc34)c2C1. The van der Waals surface area contributed by atoms with Crippen LogP contribution in [0.3, 0.4) is 0 Å². The molecule has 0 amide bonds. The molecule has 2 aromatic heterocycles. The fourth-order valence-electron chi connectivity index (χ4n) is 4.02. The van der Waals surface area contributed by atoms with E-state index in [0.717, 1.165) is 12.3 Å². The van der Waals surface area contributed by atoms with E-state index < -0.39 is 27.6 Å². The Balaban J connectivity index is 1.68. The first kappa shape index (κ1) is 23.2. The maximum absolute atomic E-state index is 13.9. The minimum Gasteiger partial charge on any atom is -0.323 e. The summed E-state index contributed by atoms with van der Waals surface area (Å²) in [7, 11) is -3.55. The Bertz CT molecular complexity index is 1550. The number of aromatic nitrogens is 4. The average molecular weight is 506 g/mol. The highest BCUT2D eigenvalue weighted by Gasteiger charge is 2.35. The lowest BCUT2D eigenvalue weighted by molar-refractivity contribution is -0.137. The molecule has 182 valence electrons. The van der Waals surface area contributed by atoms with E-state index in [1.165, 1.54) is 40.7 Å². The lowest BCUT2D eigenvalue weighted by atomic mass is 10.0. The van der Waals surface area contributed by atoms with Crippen LogP contribution in [0.25, 0.3) is 22.3 Å². The molecule has 13 heteroatoms. The summed E-state index contributed by atoms with van der Waals surface area (Å²) in [5, 5.41) is 10.2.